The van der Waals surface area contributed by atoms with Crippen LogP contribution in [-0.4, -0.2) is 35.5 Å². The first-order chi connectivity index (χ1) is 14.0. The van der Waals surface area contributed by atoms with Crippen LogP contribution in [0.2, 0.25) is 0 Å². The van der Waals surface area contributed by atoms with Gasteiger partial charge in [0.1, 0.15) is 6.26 Å². The Hall–Kier alpha value is -3.35. The fourth-order valence-electron chi connectivity index (χ4n) is 2.94. The summed E-state index contributed by atoms with van der Waals surface area (Å²) in [6, 6.07) is 13.4. The van der Waals surface area contributed by atoms with Crippen molar-refractivity contribution in [2.75, 3.05) is 19.0 Å². The number of ether oxygens (including phenoxy) is 1. The molecule has 3 aromatic rings. The highest BCUT2D eigenvalue weighted by molar-refractivity contribution is 6.01. The number of anilines is 1. The summed E-state index contributed by atoms with van der Waals surface area (Å²) in [5.74, 6) is 0.134. The van der Waals surface area contributed by atoms with E-state index in [4.69, 9.17) is 4.42 Å². The molecule has 0 fully saturated rings. The lowest BCUT2D eigenvalue weighted by Gasteiger charge is -2.23. The number of fused-ring (bicyclic) bond motifs is 1. The number of nitrogens with zero attached hydrogens (tertiary/aromatic N) is 2. The second-order valence-electron chi connectivity index (χ2n) is 7.18. The van der Waals surface area contributed by atoms with Crippen molar-refractivity contribution >= 4 is 28.5 Å². The van der Waals surface area contributed by atoms with Crippen LogP contribution in [0.4, 0.5) is 10.5 Å². The van der Waals surface area contributed by atoms with Crippen molar-refractivity contribution in [3.8, 4) is 0 Å². The van der Waals surface area contributed by atoms with E-state index in [2.05, 4.69) is 28.9 Å². The monoisotopic (exact) mass is 395 g/mol. The minimum atomic E-state index is -0.575. The molecule has 0 atom stereocenters. The summed E-state index contributed by atoms with van der Waals surface area (Å²) in [6.07, 6.45) is 2.07. The number of benzene rings is 2. The summed E-state index contributed by atoms with van der Waals surface area (Å²) in [5.41, 5.74) is 0.825. The minimum Gasteiger partial charge on any atom is -0.464 e. The molecule has 0 aliphatic carbocycles. The highest BCUT2D eigenvalue weighted by Gasteiger charge is 2.20. The zero-order chi connectivity index (χ0) is 20.8. The topological polar surface area (TPSA) is 84.7 Å². The number of esters is 1. The number of amides is 2. The van der Waals surface area contributed by atoms with Crippen molar-refractivity contribution in [2.24, 2.45) is 5.92 Å². The summed E-state index contributed by atoms with van der Waals surface area (Å²) in [4.78, 5) is 30.4. The molecule has 1 heterocycles. The third-order valence-electron chi connectivity index (χ3n) is 4.57. The van der Waals surface area contributed by atoms with Crippen LogP contribution >= 0.6 is 0 Å². The molecule has 152 valence electrons. The molecule has 1 aromatic heterocycles. The Kier molecular flexibility index (Phi) is 6.49. The van der Waals surface area contributed by atoms with E-state index < -0.39 is 5.97 Å². The normalized spacial score (nSPS) is 10.9. The number of carbonyl (C=O) groups is 2. The van der Waals surface area contributed by atoms with Crippen molar-refractivity contribution in [1.82, 2.24) is 9.88 Å². The molecule has 29 heavy (non-hydrogen) atoms. The molecule has 7 nitrogen and oxygen atoms in total. The molecule has 0 saturated heterocycles. The van der Waals surface area contributed by atoms with Crippen LogP contribution < -0.4 is 5.32 Å². The van der Waals surface area contributed by atoms with Gasteiger partial charge >= 0.3 is 12.0 Å². The van der Waals surface area contributed by atoms with Gasteiger partial charge in [-0.05, 0) is 23.8 Å². The Morgan fingerprint density at radius 3 is 2.69 bits per heavy atom. The first kappa shape index (κ1) is 20.4. The predicted octanol–water partition coefficient (Wildman–Crippen LogP) is 4.69. The van der Waals surface area contributed by atoms with Crippen LogP contribution in [0.1, 0.15) is 36.6 Å². The Labute approximate surface area is 169 Å². The van der Waals surface area contributed by atoms with Crippen LogP contribution in [0.25, 0.3) is 10.8 Å². The number of urea groups is 1. The molecule has 0 aliphatic rings. The molecule has 0 unspecified atom stereocenters. The van der Waals surface area contributed by atoms with Crippen LogP contribution in [0.5, 0.6) is 0 Å². The van der Waals surface area contributed by atoms with Crippen molar-refractivity contribution in [1.29, 1.82) is 0 Å². The first-order valence-corrected chi connectivity index (χ1v) is 9.54. The van der Waals surface area contributed by atoms with E-state index in [0.717, 1.165) is 22.9 Å². The molecule has 1 N–H and O–H groups in total. The fraction of sp³-hybridized carbons (Fsp3) is 0.318. The number of carbonyl (C=O) groups excluding carboxylic acids is 2. The Morgan fingerprint density at radius 1 is 1.17 bits per heavy atom. The summed E-state index contributed by atoms with van der Waals surface area (Å²) < 4.78 is 10.0. The van der Waals surface area contributed by atoms with Gasteiger partial charge in [-0.3, -0.25) is 0 Å². The highest BCUT2D eigenvalue weighted by atomic mass is 16.5. The number of hydrogen-bond acceptors (Lipinski definition) is 5. The minimum absolute atomic E-state index is 0.0840. The lowest BCUT2D eigenvalue weighted by atomic mass is 10.1. The zero-order valence-corrected chi connectivity index (χ0v) is 16.8. The molecule has 0 radical (unpaired) electrons. The largest absolute Gasteiger partial charge is 0.464 e. The molecule has 0 aliphatic heterocycles. The number of aromatic nitrogens is 1. The molecule has 0 bridgehead atoms. The van der Waals surface area contributed by atoms with Gasteiger partial charge in [0.15, 0.2) is 5.69 Å². The van der Waals surface area contributed by atoms with Crippen LogP contribution in [-0.2, 0) is 11.3 Å². The van der Waals surface area contributed by atoms with E-state index in [-0.39, 0.29) is 24.2 Å². The molecule has 2 amide bonds. The van der Waals surface area contributed by atoms with E-state index in [0.29, 0.717) is 12.5 Å². The molecule has 0 saturated carbocycles. The molecule has 3 rings (SSSR count). The number of hydrogen-bond donors (Lipinski definition) is 1. The molecule has 2 aromatic carbocycles. The smallest absolute Gasteiger partial charge is 0.360 e. The standard InChI is InChI=1S/C22H25N3O4/c1-15(2)11-12-25(13-20-23-19(14-29-20)21(26)28-3)22(27)24-18-10-6-8-16-7-4-5-9-17(16)18/h4-10,14-15H,11-13H2,1-3H3,(H,24,27). The van der Waals surface area contributed by atoms with E-state index in [1.165, 1.54) is 13.4 Å². The number of methoxy groups -OCH3 is 1. The van der Waals surface area contributed by atoms with Crippen LogP contribution in [0.3, 0.4) is 0 Å². The zero-order valence-electron chi connectivity index (χ0n) is 16.8. The molecular formula is C22H25N3O4. The van der Waals surface area contributed by atoms with Gasteiger partial charge in [0.2, 0.25) is 5.89 Å². The highest BCUT2D eigenvalue weighted by Crippen LogP contribution is 2.23. The second kappa shape index (κ2) is 9.23. The van der Waals surface area contributed by atoms with E-state index in [9.17, 15) is 9.59 Å². The van der Waals surface area contributed by atoms with Gasteiger partial charge < -0.3 is 19.4 Å². The van der Waals surface area contributed by atoms with Crippen molar-refractivity contribution in [3.05, 3.63) is 60.3 Å². The van der Waals surface area contributed by atoms with E-state index >= 15 is 0 Å². The lowest BCUT2D eigenvalue weighted by molar-refractivity contribution is 0.0594. The molecule has 7 heteroatoms. The average molecular weight is 395 g/mol. The molecular weight excluding hydrogens is 370 g/mol. The lowest BCUT2D eigenvalue weighted by Crippen LogP contribution is -2.36. The van der Waals surface area contributed by atoms with E-state index in [1.54, 1.807) is 4.90 Å². The van der Waals surface area contributed by atoms with E-state index in [1.807, 2.05) is 42.5 Å². The van der Waals surface area contributed by atoms with Gasteiger partial charge in [-0.15, -0.1) is 0 Å². The third kappa shape index (κ3) is 5.13. The maximum absolute atomic E-state index is 13.0. The SMILES string of the molecule is COC(=O)c1coc(CN(CCC(C)C)C(=O)Nc2cccc3ccccc23)n1. The summed E-state index contributed by atoms with van der Waals surface area (Å²) in [7, 11) is 1.28. The fourth-order valence-corrected chi connectivity index (χ4v) is 2.94. The second-order valence-corrected chi connectivity index (χ2v) is 7.18. The van der Waals surface area contributed by atoms with Crippen LogP contribution in [0, 0.1) is 5.92 Å². The quantitative estimate of drug-likeness (QED) is 0.587. The van der Waals surface area contributed by atoms with Crippen LogP contribution in [0.15, 0.2) is 53.1 Å². The van der Waals surface area contributed by atoms with Gasteiger partial charge in [0.25, 0.3) is 0 Å². The number of oxazole rings is 1. The summed E-state index contributed by atoms with van der Waals surface area (Å²) in [5, 5.41) is 5.01. The number of nitrogens with one attached hydrogen (secondary N) is 1. The maximum Gasteiger partial charge on any atom is 0.360 e. The van der Waals surface area contributed by atoms with Gasteiger partial charge in [-0.1, -0.05) is 50.2 Å². The Balaban J connectivity index is 1.79. The summed E-state index contributed by atoms with van der Waals surface area (Å²) in [6.45, 7) is 4.88. The maximum atomic E-state index is 13.0. The third-order valence-corrected chi connectivity index (χ3v) is 4.57. The molecule has 0 spiro atoms. The number of rotatable bonds is 7. The summed E-state index contributed by atoms with van der Waals surface area (Å²) >= 11 is 0. The van der Waals surface area contributed by atoms with Gasteiger partial charge in [0, 0.05) is 11.9 Å². The first-order valence-electron chi connectivity index (χ1n) is 9.54. The van der Waals surface area contributed by atoms with Gasteiger partial charge in [0.05, 0.1) is 19.3 Å². The Morgan fingerprint density at radius 2 is 1.93 bits per heavy atom. The van der Waals surface area contributed by atoms with Gasteiger partial charge in [-0.25, -0.2) is 14.6 Å². The Bertz CT molecular complexity index is 991. The van der Waals surface area contributed by atoms with Crippen molar-refractivity contribution in [3.63, 3.8) is 0 Å². The predicted molar refractivity (Wildman–Crippen MR) is 111 cm³/mol. The van der Waals surface area contributed by atoms with Crippen molar-refractivity contribution < 1.29 is 18.7 Å². The van der Waals surface area contributed by atoms with Crippen molar-refractivity contribution in [2.45, 2.75) is 26.8 Å². The average Bonchev–Trinajstić information content (AvgIpc) is 3.19. The van der Waals surface area contributed by atoms with Gasteiger partial charge in [-0.2, -0.15) is 0 Å².